The van der Waals surface area contributed by atoms with Crippen molar-refractivity contribution in [2.45, 2.75) is 5.41 Å². The lowest BCUT2D eigenvalue weighted by molar-refractivity contribution is 0.436. The molecule has 0 saturated carbocycles. The molecule has 258 valence electrons. The quantitative estimate of drug-likeness (QED) is 0.177. The fraction of sp³-hybridized carbons (Fsp3) is 0.0189. The Bertz CT molecular complexity index is 2880. The number of hydrogen-bond acceptors (Lipinski definition) is 2. The van der Waals surface area contributed by atoms with E-state index < -0.39 is 5.41 Å². The highest BCUT2D eigenvalue weighted by Crippen LogP contribution is 2.62. The molecule has 1 aliphatic carbocycles. The highest BCUT2D eigenvalue weighted by atomic mass is 16.5. The van der Waals surface area contributed by atoms with Gasteiger partial charge in [-0.15, -0.1) is 0 Å². The molecule has 2 heteroatoms. The van der Waals surface area contributed by atoms with Gasteiger partial charge in [-0.2, -0.15) is 0 Å². The summed E-state index contributed by atoms with van der Waals surface area (Å²) in [6.45, 7) is 0. The van der Waals surface area contributed by atoms with Crippen molar-refractivity contribution in [2.24, 2.45) is 0 Å². The molecule has 11 rings (SSSR count). The topological polar surface area (TPSA) is 12.5 Å². The summed E-state index contributed by atoms with van der Waals surface area (Å²) in [6.07, 6.45) is 0. The van der Waals surface area contributed by atoms with Gasteiger partial charge in [-0.1, -0.05) is 170 Å². The van der Waals surface area contributed by atoms with Crippen molar-refractivity contribution in [3.63, 3.8) is 0 Å². The van der Waals surface area contributed by atoms with Gasteiger partial charge >= 0.3 is 0 Å². The Morgan fingerprint density at radius 2 is 0.873 bits per heavy atom. The second-order valence-corrected chi connectivity index (χ2v) is 14.4. The predicted molar refractivity (Wildman–Crippen MR) is 227 cm³/mol. The van der Waals surface area contributed by atoms with Crippen molar-refractivity contribution >= 4 is 27.8 Å². The molecule has 0 amide bonds. The van der Waals surface area contributed by atoms with Gasteiger partial charge in [-0.25, -0.2) is 0 Å². The molecular formula is C53H35NO. The first kappa shape index (κ1) is 31.4. The van der Waals surface area contributed by atoms with Crippen LogP contribution in [0.25, 0.3) is 44.2 Å². The molecule has 0 unspecified atom stereocenters. The van der Waals surface area contributed by atoms with Crippen LogP contribution in [0.3, 0.4) is 0 Å². The molecular weight excluding hydrogens is 667 g/mol. The van der Waals surface area contributed by atoms with Crippen molar-refractivity contribution < 1.29 is 4.74 Å². The van der Waals surface area contributed by atoms with Crippen LogP contribution in [-0.4, -0.2) is 0 Å². The smallest absolute Gasteiger partial charge is 0.132 e. The molecule has 9 aromatic carbocycles. The van der Waals surface area contributed by atoms with Crippen LogP contribution in [0.5, 0.6) is 11.5 Å². The first-order valence-electron chi connectivity index (χ1n) is 18.9. The standard InChI is InChI=1S/C53H35NO/c1-2-19-38(20-3-1)54(50-31-14-9-25-44(50)41-26-16-18-36-17-4-5-21-39(36)41)49-30-13-8-22-40(49)37-33-34-52-48(35-37)53(47-29-12-15-32-51(47)55-52)45-27-10-6-23-42(45)43-24-7-11-28-46(43)53/h1-35H. The van der Waals surface area contributed by atoms with Crippen molar-refractivity contribution in [1.82, 2.24) is 0 Å². The maximum atomic E-state index is 6.79. The van der Waals surface area contributed by atoms with Gasteiger partial charge in [-0.05, 0) is 86.6 Å². The van der Waals surface area contributed by atoms with E-state index in [9.17, 15) is 0 Å². The zero-order chi connectivity index (χ0) is 36.3. The summed E-state index contributed by atoms with van der Waals surface area (Å²) in [7, 11) is 0. The Balaban J connectivity index is 1.16. The fourth-order valence-electron chi connectivity index (χ4n) is 9.28. The molecule has 0 fully saturated rings. The summed E-state index contributed by atoms with van der Waals surface area (Å²) in [4.78, 5) is 2.42. The van der Waals surface area contributed by atoms with Crippen LogP contribution in [0.2, 0.25) is 0 Å². The van der Waals surface area contributed by atoms with Gasteiger partial charge in [0.15, 0.2) is 0 Å². The van der Waals surface area contributed by atoms with Crippen LogP contribution in [0.1, 0.15) is 22.3 Å². The lowest BCUT2D eigenvalue weighted by Gasteiger charge is -2.39. The van der Waals surface area contributed by atoms with Crippen LogP contribution in [-0.2, 0) is 5.41 Å². The first-order valence-corrected chi connectivity index (χ1v) is 18.9. The number of anilines is 3. The van der Waals surface area contributed by atoms with Crippen LogP contribution in [0.4, 0.5) is 17.1 Å². The molecule has 0 N–H and O–H groups in total. The van der Waals surface area contributed by atoms with Gasteiger partial charge in [0.05, 0.1) is 16.8 Å². The van der Waals surface area contributed by atoms with Crippen molar-refractivity contribution in [3.05, 3.63) is 235 Å². The number of benzene rings is 9. The number of hydrogen-bond donors (Lipinski definition) is 0. The second-order valence-electron chi connectivity index (χ2n) is 14.4. The molecule has 2 nitrogen and oxygen atoms in total. The van der Waals surface area contributed by atoms with Gasteiger partial charge in [-0.3, -0.25) is 0 Å². The summed E-state index contributed by atoms with van der Waals surface area (Å²) in [6, 6.07) is 76.8. The SMILES string of the molecule is c1ccc(N(c2ccccc2-c2ccc3c(c2)C2(c4ccccc4O3)c3ccccc3-c3ccccc32)c2ccccc2-c2cccc3ccccc23)cc1. The molecule has 2 aliphatic rings. The van der Waals surface area contributed by atoms with E-state index in [4.69, 9.17) is 4.74 Å². The average molecular weight is 702 g/mol. The van der Waals surface area contributed by atoms with Gasteiger partial charge < -0.3 is 9.64 Å². The molecule has 0 saturated heterocycles. The van der Waals surface area contributed by atoms with E-state index in [-0.39, 0.29) is 0 Å². The molecule has 1 spiro atoms. The molecule has 0 radical (unpaired) electrons. The summed E-state index contributed by atoms with van der Waals surface area (Å²) in [5.41, 5.74) is 14.8. The van der Waals surface area contributed by atoms with E-state index in [1.165, 1.54) is 49.7 Å². The molecule has 1 aliphatic heterocycles. The first-order chi connectivity index (χ1) is 27.3. The minimum atomic E-state index is -0.539. The lowest BCUT2D eigenvalue weighted by atomic mass is 9.66. The van der Waals surface area contributed by atoms with E-state index >= 15 is 0 Å². The lowest BCUT2D eigenvalue weighted by Crippen LogP contribution is -2.32. The molecule has 9 aromatic rings. The average Bonchev–Trinajstić information content (AvgIpc) is 3.55. The monoisotopic (exact) mass is 701 g/mol. The minimum absolute atomic E-state index is 0.539. The number of ether oxygens (including phenoxy) is 1. The number of fused-ring (bicyclic) bond motifs is 10. The summed E-state index contributed by atoms with van der Waals surface area (Å²) < 4.78 is 6.79. The van der Waals surface area contributed by atoms with Crippen molar-refractivity contribution in [2.75, 3.05) is 4.90 Å². The molecule has 55 heavy (non-hydrogen) atoms. The van der Waals surface area contributed by atoms with Crippen LogP contribution < -0.4 is 9.64 Å². The maximum Gasteiger partial charge on any atom is 0.132 e. The largest absolute Gasteiger partial charge is 0.457 e. The zero-order valence-electron chi connectivity index (χ0n) is 30.1. The van der Waals surface area contributed by atoms with Crippen molar-refractivity contribution in [3.8, 4) is 44.9 Å². The van der Waals surface area contributed by atoms with Gasteiger partial charge in [0.1, 0.15) is 11.5 Å². The van der Waals surface area contributed by atoms with Crippen LogP contribution in [0.15, 0.2) is 212 Å². The third-order valence-electron chi connectivity index (χ3n) is 11.5. The van der Waals surface area contributed by atoms with E-state index in [0.29, 0.717) is 0 Å². The Labute approximate surface area is 321 Å². The minimum Gasteiger partial charge on any atom is -0.457 e. The third-order valence-corrected chi connectivity index (χ3v) is 11.5. The predicted octanol–water partition coefficient (Wildman–Crippen LogP) is 14.1. The molecule has 0 atom stereocenters. The number of rotatable bonds is 5. The Morgan fingerprint density at radius 3 is 1.64 bits per heavy atom. The molecule has 0 aromatic heterocycles. The van der Waals surface area contributed by atoms with Crippen LogP contribution >= 0.6 is 0 Å². The second kappa shape index (κ2) is 12.5. The van der Waals surface area contributed by atoms with Gasteiger partial charge in [0.25, 0.3) is 0 Å². The summed E-state index contributed by atoms with van der Waals surface area (Å²) in [5.74, 6) is 1.78. The number of nitrogens with zero attached hydrogens (tertiary/aromatic N) is 1. The fourth-order valence-corrected chi connectivity index (χ4v) is 9.28. The van der Waals surface area contributed by atoms with E-state index in [0.717, 1.165) is 45.3 Å². The van der Waals surface area contributed by atoms with Crippen LogP contribution in [0, 0.1) is 0 Å². The Kier molecular flexibility index (Phi) is 7.11. The van der Waals surface area contributed by atoms with E-state index in [1.54, 1.807) is 0 Å². The summed E-state index contributed by atoms with van der Waals surface area (Å²) in [5, 5.41) is 2.46. The van der Waals surface area contributed by atoms with Gasteiger partial charge in [0.2, 0.25) is 0 Å². The van der Waals surface area contributed by atoms with E-state index in [2.05, 4.69) is 217 Å². The number of para-hydroxylation sites is 4. The molecule has 1 heterocycles. The Morgan fingerprint density at radius 1 is 0.345 bits per heavy atom. The maximum absolute atomic E-state index is 6.79. The third kappa shape index (κ3) is 4.68. The van der Waals surface area contributed by atoms with E-state index in [1.807, 2.05) is 0 Å². The normalized spacial score (nSPS) is 13.0. The van der Waals surface area contributed by atoms with Crippen molar-refractivity contribution in [1.29, 1.82) is 0 Å². The van der Waals surface area contributed by atoms with Gasteiger partial charge in [0, 0.05) is 27.9 Å². The zero-order valence-corrected chi connectivity index (χ0v) is 30.1. The Hall–Kier alpha value is -7.16. The highest BCUT2D eigenvalue weighted by molar-refractivity contribution is 6.02. The highest BCUT2D eigenvalue weighted by Gasteiger charge is 2.51. The molecule has 0 bridgehead atoms. The summed E-state index contributed by atoms with van der Waals surface area (Å²) >= 11 is 0.